The Bertz CT molecular complexity index is 162. The van der Waals surface area contributed by atoms with Crippen LogP contribution in [-0.4, -0.2) is 36.7 Å². The van der Waals surface area contributed by atoms with Crippen LogP contribution in [0.5, 0.6) is 0 Å². The zero-order valence-electron chi connectivity index (χ0n) is 8.10. The van der Waals surface area contributed by atoms with Gasteiger partial charge in [0, 0.05) is 0 Å². The molecule has 0 atom stereocenters. The summed E-state index contributed by atoms with van der Waals surface area (Å²) in [4.78, 5) is 11.5. The van der Waals surface area contributed by atoms with Crippen LogP contribution in [0, 0.1) is 0 Å². The summed E-state index contributed by atoms with van der Waals surface area (Å²) in [7, 11) is 0. The van der Waals surface area contributed by atoms with Crippen molar-refractivity contribution in [3.8, 4) is 0 Å². The second-order valence-corrected chi connectivity index (χ2v) is 3.55. The van der Waals surface area contributed by atoms with Gasteiger partial charge in [0.15, 0.2) is 0 Å². The molecule has 1 rings (SSSR count). The van der Waals surface area contributed by atoms with E-state index >= 15 is 0 Å². The van der Waals surface area contributed by atoms with E-state index in [0.717, 1.165) is 39.0 Å². The van der Waals surface area contributed by atoms with Crippen molar-refractivity contribution in [3.05, 3.63) is 0 Å². The Morgan fingerprint density at radius 1 is 1.33 bits per heavy atom. The predicted molar refractivity (Wildman–Crippen MR) is 48.8 cm³/mol. The largest absolute Gasteiger partial charge is 0.416 e. The molecule has 0 saturated carbocycles. The Labute approximate surface area is 74.3 Å². The quantitative estimate of drug-likeness (QED) is 0.635. The normalized spacial score (nSPS) is 21.0. The van der Waals surface area contributed by atoms with Crippen molar-refractivity contribution in [2.24, 2.45) is 0 Å². The molecule has 0 radical (unpaired) electrons. The van der Waals surface area contributed by atoms with Gasteiger partial charge in [0.2, 0.25) is 0 Å². The number of nitrogens with one attached hydrogen (secondary N) is 1. The Morgan fingerprint density at radius 3 is 2.25 bits per heavy atom. The fraction of sp³-hybridized carbons (Fsp3) is 0.889. The minimum Gasteiger partial charge on any atom is -0.300 e. The fourth-order valence-electron chi connectivity index (χ4n) is 2.04. The van der Waals surface area contributed by atoms with Crippen LogP contribution in [0.15, 0.2) is 0 Å². The van der Waals surface area contributed by atoms with E-state index in [-0.39, 0.29) is 6.03 Å². The number of quaternary nitrogens is 1. The standard InChI is InChI=1S/C9H18N2O/c1-3-6-11(7-4-2)8-5-10-9(11)12/h3-8H2,1-2H3/p+1. The van der Waals surface area contributed by atoms with Crippen molar-refractivity contribution in [1.82, 2.24) is 5.32 Å². The number of hydrogen-bond donors (Lipinski definition) is 1. The van der Waals surface area contributed by atoms with Crippen LogP contribution in [0.1, 0.15) is 26.7 Å². The summed E-state index contributed by atoms with van der Waals surface area (Å²) >= 11 is 0. The van der Waals surface area contributed by atoms with Crippen LogP contribution in [-0.2, 0) is 0 Å². The Balaban J connectivity index is 2.63. The van der Waals surface area contributed by atoms with Crippen LogP contribution < -0.4 is 5.32 Å². The maximum atomic E-state index is 11.5. The van der Waals surface area contributed by atoms with E-state index in [1.807, 2.05) is 0 Å². The van der Waals surface area contributed by atoms with Gasteiger partial charge in [0.1, 0.15) is 6.54 Å². The van der Waals surface area contributed by atoms with Gasteiger partial charge in [-0.05, 0) is 12.8 Å². The van der Waals surface area contributed by atoms with Crippen molar-refractivity contribution in [1.29, 1.82) is 0 Å². The van der Waals surface area contributed by atoms with Gasteiger partial charge in [-0.2, -0.15) is 0 Å². The summed E-state index contributed by atoms with van der Waals surface area (Å²) in [6, 6.07) is 0.235. The molecule has 0 aromatic carbocycles. The molecular formula is C9H19N2O+. The van der Waals surface area contributed by atoms with Gasteiger partial charge < -0.3 is 0 Å². The lowest BCUT2D eigenvalue weighted by atomic mass is 10.3. The van der Waals surface area contributed by atoms with E-state index in [1.165, 1.54) is 0 Å². The van der Waals surface area contributed by atoms with E-state index in [2.05, 4.69) is 19.2 Å². The number of carbonyl (C=O) groups is 1. The average Bonchev–Trinajstić information content (AvgIpc) is 2.35. The third-order valence-electron chi connectivity index (χ3n) is 2.55. The summed E-state index contributed by atoms with van der Waals surface area (Å²) in [5, 5.41) is 2.91. The highest BCUT2D eigenvalue weighted by atomic mass is 16.2. The van der Waals surface area contributed by atoms with E-state index in [1.54, 1.807) is 0 Å². The van der Waals surface area contributed by atoms with E-state index < -0.39 is 0 Å². The van der Waals surface area contributed by atoms with Crippen LogP contribution in [0.2, 0.25) is 0 Å². The summed E-state index contributed by atoms with van der Waals surface area (Å²) in [5.41, 5.74) is 0. The molecule has 0 unspecified atom stereocenters. The minimum atomic E-state index is 0.235. The first kappa shape index (κ1) is 9.52. The molecule has 1 aliphatic rings. The zero-order valence-corrected chi connectivity index (χ0v) is 8.10. The lowest BCUT2D eigenvalue weighted by Crippen LogP contribution is -2.51. The van der Waals surface area contributed by atoms with Crippen LogP contribution in [0.4, 0.5) is 4.79 Å². The van der Waals surface area contributed by atoms with Gasteiger partial charge in [-0.25, -0.2) is 9.28 Å². The minimum absolute atomic E-state index is 0.235. The van der Waals surface area contributed by atoms with Crippen molar-refractivity contribution in [3.63, 3.8) is 0 Å². The van der Waals surface area contributed by atoms with Gasteiger partial charge in [-0.3, -0.25) is 5.32 Å². The zero-order chi connectivity index (χ0) is 9.03. The highest BCUT2D eigenvalue weighted by molar-refractivity contribution is 5.68. The van der Waals surface area contributed by atoms with Crippen molar-refractivity contribution < 1.29 is 9.28 Å². The first-order valence-corrected chi connectivity index (χ1v) is 4.89. The SMILES string of the molecule is CCC[N+]1(CCC)CCNC1=O. The van der Waals surface area contributed by atoms with Crippen molar-refractivity contribution in [2.45, 2.75) is 26.7 Å². The molecular weight excluding hydrogens is 152 g/mol. The maximum Gasteiger partial charge on any atom is 0.416 e. The smallest absolute Gasteiger partial charge is 0.300 e. The van der Waals surface area contributed by atoms with Gasteiger partial charge in [-0.1, -0.05) is 13.8 Å². The summed E-state index contributed by atoms with van der Waals surface area (Å²) in [6.07, 6.45) is 2.18. The summed E-state index contributed by atoms with van der Waals surface area (Å²) < 4.78 is 0.674. The topological polar surface area (TPSA) is 29.1 Å². The summed E-state index contributed by atoms with van der Waals surface area (Å²) in [5.74, 6) is 0. The van der Waals surface area contributed by atoms with Crippen LogP contribution in [0.3, 0.4) is 0 Å². The molecule has 12 heavy (non-hydrogen) atoms. The second kappa shape index (κ2) is 3.90. The number of rotatable bonds is 4. The van der Waals surface area contributed by atoms with E-state index in [4.69, 9.17) is 0 Å². The van der Waals surface area contributed by atoms with Crippen molar-refractivity contribution in [2.75, 3.05) is 26.2 Å². The molecule has 0 aliphatic carbocycles. The summed E-state index contributed by atoms with van der Waals surface area (Å²) in [6.45, 7) is 8.13. The molecule has 0 aromatic heterocycles. The first-order valence-electron chi connectivity index (χ1n) is 4.89. The molecule has 1 fully saturated rings. The van der Waals surface area contributed by atoms with Crippen LogP contribution in [0.25, 0.3) is 0 Å². The molecule has 3 nitrogen and oxygen atoms in total. The Hall–Kier alpha value is -0.570. The molecule has 0 bridgehead atoms. The predicted octanol–water partition coefficient (Wildman–Crippen LogP) is 1.35. The third kappa shape index (κ3) is 1.61. The molecule has 0 aromatic rings. The second-order valence-electron chi connectivity index (χ2n) is 3.55. The van der Waals surface area contributed by atoms with Crippen molar-refractivity contribution >= 4 is 6.03 Å². The molecule has 1 heterocycles. The molecule has 1 aliphatic heterocycles. The number of carbonyl (C=O) groups excluding carboxylic acids is 1. The average molecular weight is 171 g/mol. The van der Waals surface area contributed by atoms with Gasteiger partial charge in [0.05, 0.1) is 19.6 Å². The van der Waals surface area contributed by atoms with Gasteiger partial charge in [0.25, 0.3) is 0 Å². The number of hydrogen-bond acceptors (Lipinski definition) is 1. The monoisotopic (exact) mass is 171 g/mol. The number of nitrogens with zero attached hydrogens (tertiary/aromatic N) is 1. The highest BCUT2D eigenvalue weighted by Crippen LogP contribution is 2.14. The molecule has 0 spiro atoms. The first-order chi connectivity index (χ1) is 5.75. The van der Waals surface area contributed by atoms with Gasteiger partial charge in [-0.15, -0.1) is 0 Å². The number of urea groups is 1. The van der Waals surface area contributed by atoms with Gasteiger partial charge >= 0.3 is 6.03 Å². The third-order valence-corrected chi connectivity index (χ3v) is 2.55. The molecule has 2 amide bonds. The molecule has 1 N–H and O–H groups in total. The fourth-order valence-corrected chi connectivity index (χ4v) is 2.04. The van der Waals surface area contributed by atoms with E-state index in [9.17, 15) is 4.79 Å². The van der Waals surface area contributed by atoms with E-state index in [0.29, 0.717) is 4.48 Å². The Kier molecular flexibility index (Phi) is 3.09. The number of amides is 2. The molecule has 1 saturated heterocycles. The maximum absolute atomic E-state index is 11.5. The lowest BCUT2D eigenvalue weighted by Gasteiger charge is -2.28. The Morgan fingerprint density at radius 2 is 1.92 bits per heavy atom. The lowest BCUT2D eigenvalue weighted by molar-refractivity contribution is -0.840. The molecule has 70 valence electrons. The van der Waals surface area contributed by atoms with Crippen LogP contribution >= 0.6 is 0 Å². The highest BCUT2D eigenvalue weighted by Gasteiger charge is 2.39. The molecule has 3 heteroatoms.